The van der Waals surface area contributed by atoms with Crippen LogP contribution in [-0.4, -0.2) is 35.1 Å². The Hall–Kier alpha value is -1.66. The Morgan fingerprint density at radius 3 is 2.86 bits per heavy atom. The molecule has 1 heterocycles. The van der Waals surface area contributed by atoms with E-state index in [9.17, 15) is 4.79 Å². The number of halogens is 2. The lowest BCUT2D eigenvalue weighted by molar-refractivity contribution is 0.190. The normalized spacial score (nSPS) is 19.4. The molecule has 114 valence electrons. The lowest BCUT2D eigenvalue weighted by atomic mass is 9.97. The van der Waals surface area contributed by atoms with Gasteiger partial charge in [-0.05, 0) is 31.0 Å². The summed E-state index contributed by atoms with van der Waals surface area (Å²) in [6.07, 6.45) is 1.60. The fourth-order valence-corrected chi connectivity index (χ4v) is 2.56. The molecule has 1 aliphatic rings. The topological polar surface area (TPSA) is 91.0 Å². The maximum atomic E-state index is 12.2. The van der Waals surface area contributed by atoms with Crippen molar-refractivity contribution in [1.29, 1.82) is 0 Å². The first kappa shape index (κ1) is 15.7. The summed E-state index contributed by atoms with van der Waals surface area (Å²) in [5, 5.41) is 15.3. The number of piperidine rings is 1. The smallest absolute Gasteiger partial charge is 0.321 e. The Labute approximate surface area is 132 Å². The molecule has 2 amide bonds. The molecule has 0 aliphatic carbocycles. The molecule has 0 spiro atoms. The van der Waals surface area contributed by atoms with Gasteiger partial charge in [-0.25, -0.2) is 4.79 Å². The van der Waals surface area contributed by atoms with E-state index in [0.717, 1.165) is 12.8 Å². The number of nitrogens with one attached hydrogen (secondary N) is 1. The molecule has 21 heavy (non-hydrogen) atoms. The summed E-state index contributed by atoms with van der Waals surface area (Å²) in [5.74, 6) is 0.0327. The highest BCUT2D eigenvalue weighted by Gasteiger charge is 2.26. The fourth-order valence-electron chi connectivity index (χ4n) is 2.26. The van der Waals surface area contributed by atoms with Crippen LogP contribution in [0.1, 0.15) is 12.8 Å². The van der Waals surface area contributed by atoms with E-state index in [2.05, 4.69) is 10.5 Å². The number of hydrogen-bond donors (Lipinski definition) is 3. The van der Waals surface area contributed by atoms with E-state index in [4.69, 9.17) is 34.1 Å². The van der Waals surface area contributed by atoms with Crippen molar-refractivity contribution in [2.24, 2.45) is 16.8 Å². The van der Waals surface area contributed by atoms with Gasteiger partial charge >= 0.3 is 6.03 Å². The van der Waals surface area contributed by atoms with Gasteiger partial charge in [-0.3, -0.25) is 0 Å². The predicted octanol–water partition coefficient (Wildman–Crippen LogP) is 2.98. The monoisotopic (exact) mass is 330 g/mol. The number of urea groups is 1. The van der Waals surface area contributed by atoms with Gasteiger partial charge in [0.15, 0.2) is 0 Å². The Morgan fingerprint density at radius 1 is 1.43 bits per heavy atom. The fraction of sp³-hybridized carbons (Fsp3) is 0.385. The number of hydrogen-bond acceptors (Lipinski definition) is 3. The number of benzene rings is 1. The molecule has 8 heteroatoms. The van der Waals surface area contributed by atoms with Gasteiger partial charge in [0.2, 0.25) is 0 Å². The maximum Gasteiger partial charge on any atom is 0.321 e. The first-order chi connectivity index (χ1) is 10.0. The van der Waals surface area contributed by atoms with Gasteiger partial charge in [0, 0.05) is 24.7 Å². The molecule has 0 bridgehead atoms. The van der Waals surface area contributed by atoms with Crippen LogP contribution in [0.5, 0.6) is 0 Å². The zero-order valence-electron chi connectivity index (χ0n) is 11.2. The van der Waals surface area contributed by atoms with Crippen molar-refractivity contribution in [3.8, 4) is 0 Å². The molecular formula is C13H16Cl2N4O2. The summed E-state index contributed by atoms with van der Waals surface area (Å²) in [6.45, 7) is 1.05. The Kier molecular flexibility index (Phi) is 5.14. The minimum atomic E-state index is -0.246. The van der Waals surface area contributed by atoms with Crippen LogP contribution in [0.3, 0.4) is 0 Å². The standard InChI is InChI=1S/C13H16Cl2N4O2/c14-10-4-3-9(6-11(10)15)17-13(20)19-5-1-2-8(7-19)12(16)18-21/h3-4,6,8,21H,1-2,5,7H2,(H2,16,18)(H,17,20). The van der Waals surface area contributed by atoms with Crippen LogP contribution in [0.2, 0.25) is 10.0 Å². The van der Waals surface area contributed by atoms with Crippen molar-refractivity contribution >= 4 is 40.8 Å². The summed E-state index contributed by atoms with van der Waals surface area (Å²) in [6, 6.07) is 4.64. The maximum absolute atomic E-state index is 12.2. The Balaban J connectivity index is 2.01. The Bertz CT molecular complexity index is 565. The van der Waals surface area contributed by atoms with E-state index in [1.807, 2.05) is 0 Å². The van der Waals surface area contributed by atoms with Crippen molar-refractivity contribution in [2.45, 2.75) is 12.8 Å². The van der Waals surface area contributed by atoms with E-state index >= 15 is 0 Å². The molecule has 1 aromatic rings. The second-order valence-electron chi connectivity index (χ2n) is 4.87. The number of carbonyl (C=O) groups is 1. The molecule has 1 unspecified atom stereocenters. The van der Waals surface area contributed by atoms with E-state index in [1.165, 1.54) is 0 Å². The zero-order chi connectivity index (χ0) is 15.4. The lowest BCUT2D eigenvalue weighted by Gasteiger charge is -2.32. The van der Waals surface area contributed by atoms with Crippen LogP contribution in [0.15, 0.2) is 23.4 Å². The number of likely N-dealkylation sites (tertiary alicyclic amines) is 1. The Morgan fingerprint density at radius 2 is 2.19 bits per heavy atom. The third-order valence-electron chi connectivity index (χ3n) is 3.41. The molecule has 1 atom stereocenters. The van der Waals surface area contributed by atoms with Gasteiger partial charge in [0.25, 0.3) is 0 Å². The quantitative estimate of drug-likeness (QED) is 0.337. The van der Waals surface area contributed by atoms with Crippen LogP contribution in [0, 0.1) is 5.92 Å². The number of anilines is 1. The minimum absolute atomic E-state index is 0.122. The number of nitrogens with two attached hydrogens (primary N) is 1. The minimum Gasteiger partial charge on any atom is -0.409 e. The van der Waals surface area contributed by atoms with E-state index in [0.29, 0.717) is 28.8 Å². The van der Waals surface area contributed by atoms with Crippen molar-refractivity contribution < 1.29 is 10.0 Å². The van der Waals surface area contributed by atoms with E-state index < -0.39 is 0 Å². The first-order valence-corrected chi connectivity index (χ1v) is 7.25. The van der Waals surface area contributed by atoms with Crippen molar-refractivity contribution in [2.75, 3.05) is 18.4 Å². The second kappa shape index (κ2) is 6.87. The highest BCUT2D eigenvalue weighted by Crippen LogP contribution is 2.25. The zero-order valence-corrected chi connectivity index (χ0v) is 12.7. The molecule has 4 N–H and O–H groups in total. The number of amidine groups is 1. The van der Waals surface area contributed by atoms with E-state index in [-0.39, 0.29) is 17.8 Å². The summed E-state index contributed by atoms with van der Waals surface area (Å²) < 4.78 is 0. The summed E-state index contributed by atoms with van der Waals surface area (Å²) in [4.78, 5) is 13.8. The molecular weight excluding hydrogens is 315 g/mol. The van der Waals surface area contributed by atoms with Crippen molar-refractivity contribution in [1.82, 2.24) is 4.90 Å². The lowest BCUT2D eigenvalue weighted by Crippen LogP contribution is -2.45. The number of amides is 2. The van der Waals surface area contributed by atoms with Crippen LogP contribution in [-0.2, 0) is 0 Å². The van der Waals surface area contributed by atoms with Crippen molar-refractivity contribution in [3.05, 3.63) is 28.2 Å². The van der Waals surface area contributed by atoms with Gasteiger partial charge in [0.1, 0.15) is 5.84 Å². The van der Waals surface area contributed by atoms with Gasteiger partial charge in [0.05, 0.1) is 10.0 Å². The first-order valence-electron chi connectivity index (χ1n) is 6.49. The van der Waals surface area contributed by atoms with E-state index in [1.54, 1.807) is 23.1 Å². The average Bonchev–Trinajstić information content (AvgIpc) is 2.50. The molecule has 0 aromatic heterocycles. The number of oxime groups is 1. The van der Waals surface area contributed by atoms with Gasteiger partial charge < -0.3 is 21.2 Å². The predicted molar refractivity (Wildman–Crippen MR) is 83.2 cm³/mol. The molecule has 1 aliphatic heterocycles. The molecule has 6 nitrogen and oxygen atoms in total. The molecule has 1 saturated heterocycles. The highest BCUT2D eigenvalue weighted by atomic mass is 35.5. The van der Waals surface area contributed by atoms with Crippen molar-refractivity contribution in [3.63, 3.8) is 0 Å². The molecule has 0 radical (unpaired) electrons. The third kappa shape index (κ3) is 3.92. The van der Waals surface area contributed by atoms with Gasteiger partial charge in [-0.15, -0.1) is 0 Å². The summed E-state index contributed by atoms with van der Waals surface area (Å²) in [5.41, 5.74) is 6.18. The highest BCUT2D eigenvalue weighted by molar-refractivity contribution is 6.42. The molecule has 1 aromatic carbocycles. The number of carbonyl (C=O) groups excluding carboxylic acids is 1. The van der Waals surface area contributed by atoms with Gasteiger partial charge in [-0.2, -0.15) is 0 Å². The third-order valence-corrected chi connectivity index (χ3v) is 4.15. The number of rotatable bonds is 2. The molecule has 1 fully saturated rings. The summed E-state index contributed by atoms with van der Waals surface area (Å²) >= 11 is 11.7. The van der Waals surface area contributed by atoms with Gasteiger partial charge in [-0.1, -0.05) is 28.4 Å². The molecule has 2 rings (SSSR count). The average molecular weight is 331 g/mol. The van der Waals surface area contributed by atoms with Crippen LogP contribution < -0.4 is 11.1 Å². The largest absolute Gasteiger partial charge is 0.409 e. The van der Waals surface area contributed by atoms with Crippen LogP contribution >= 0.6 is 23.2 Å². The van der Waals surface area contributed by atoms with Crippen LogP contribution in [0.25, 0.3) is 0 Å². The number of nitrogens with zero attached hydrogens (tertiary/aromatic N) is 2. The molecule has 0 saturated carbocycles. The van der Waals surface area contributed by atoms with Crippen LogP contribution in [0.4, 0.5) is 10.5 Å². The second-order valence-corrected chi connectivity index (χ2v) is 5.68. The SMILES string of the molecule is NC(=NO)C1CCCN(C(=O)Nc2ccc(Cl)c(Cl)c2)C1. The summed E-state index contributed by atoms with van der Waals surface area (Å²) in [7, 11) is 0.